The van der Waals surface area contributed by atoms with Crippen LogP contribution >= 0.6 is 0 Å². The maximum absolute atomic E-state index is 12.9. The first-order valence-electron chi connectivity index (χ1n) is 12.5. The number of hydrogen-bond donors (Lipinski definition) is 2. The summed E-state index contributed by atoms with van der Waals surface area (Å²) in [4.78, 5) is 27.3. The van der Waals surface area contributed by atoms with E-state index in [4.69, 9.17) is 10.5 Å². The molecule has 3 N–H and O–H groups in total. The SMILES string of the molecule is CCc1ccc(CNC2CCN(CCn3c(=O)cc(C(N)=O)c4ccc(COC)cc43)CC2)cc1. The molecule has 7 heteroatoms. The van der Waals surface area contributed by atoms with Gasteiger partial charge in [0.1, 0.15) is 0 Å². The van der Waals surface area contributed by atoms with Gasteiger partial charge >= 0.3 is 0 Å². The number of aromatic nitrogens is 1. The summed E-state index contributed by atoms with van der Waals surface area (Å²) < 4.78 is 7.01. The predicted molar refractivity (Wildman–Crippen MR) is 140 cm³/mol. The van der Waals surface area contributed by atoms with Gasteiger partial charge in [0.15, 0.2) is 0 Å². The Balaban J connectivity index is 1.37. The lowest BCUT2D eigenvalue weighted by atomic mass is 10.0. The number of piperidine rings is 1. The normalized spacial score (nSPS) is 15.0. The highest BCUT2D eigenvalue weighted by Crippen LogP contribution is 2.20. The second-order valence-electron chi connectivity index (χ2n) is 9.36. The number of rotatable bonds is 10. The summed E-state index contributed by atoms with van der Waals surface area (Å²) in [6.07, 6.45) is 3.24. The minimum atomic E-state index is -0.588. The molecule has 0 radical (unpaired) electrons. The Hall–Kier alpha value is -3.00. The first kappa shape index (κ1) is 25.1. The van der Waals surface area contributed by atoms with Gasteiger partial charge in [-0.15, -0.1) is 0 Å². The number of primary amides is 1. The van der Waals surface area contributed by atoms with E-state index in [1.807, 2.05) is 18.2 Å². The molecule has 186 valence electrons. The number of nitrogens with zero attached hydrogens (tertiary/aromatic N) is 2. The number of carbonyl (C=O) groups excluding carboxylic acids is 1. The Morgan fingerprint density at radius 3 is 2.37 bits per heavy atom. The second-order valence-corrected chi connectivity index (χ2v) is 9.36. The molecule has 7 nitrogen and oxygen atoms in total. The van der Waals surface area contributed by atoms with Crippen molar-refractivity contribution in [3.8, 4) is 0 Å². The van der Waals surface area contributed by atoms with E-state index >= 15 is 0 Å². The number of hydrogen-bond acceptors (Lipinski definition) is 5. The molecule has 1 aliphatic heterocycles. The van der Waals surface area contributed by atoms with Crippen molar-refractivity contribution in [2.45, 2.75) is 51.9 Å². The second kappa shape index (κ2) is 11.6. The minimum Gasteiger partial charge on any atom is -0.380 e. The molecule has 1 saturated heterocycles. The van der Waals surface area contributed by atoms with Crippen LogP contribution in [-0.4, -0.2) is 48.2 Å². The highest BCUT2D eigenvalue weighted by Gasteiger charge is 2.20. The highest BCUT2D eigenvalue weighted by molar-refractivity contribution is 6.05. The first-order chi connectivity index (χ1) is 17.0. The number of fused-ring (bicyclic) bond motifs is 1. The molecule has 0 bridgehead atoms. The van der Waals surface area contributed by atoms with Crippen molar-refractivity contribution in [2.75, 3.05) is 26.7 Å². The fraction of sp³-hybridized carbons (Fsp3) is 0.429. The van der Waals surface area contributed by atoms with Crippen LogP contribution in [0.2, 0.25) is 0 Å². The summed E-state index contributed by atoms with van der Waals surface area (Å²) in [5, 5.41) is 4.40. The van der Waals surface area contributed by atoms with Crippen molar-refractivity contribution < 1.29 is 9.53 Å². The molecular formula is C28H36N4O3. The summed E-state index contributed by atoms with van der Waals surface area (Å²) >= 11 is 0. The van der Waals surface area contributed by atoms with Crippen LogP contribution in [-0.2, 0) is 30.9 Å². The molecule has 1 aromatic heterocycles. The van der Waals surface area contributed by atoms with Crippen molar-refractivity contribution >= 4 is 16.8 Å². The van der Waals surface area contributed by atoms with Crippen molar-refractivity contribution in [3.05, 3.63) is 81.1 Å². The van der Waals surface area contributed by atoms with E-state index in [0.717, 1.165) is 56.5 Å². The molecule has 0 unspecified atom stereocenters. The van der Waals surface area contributed by atoms with E-state index in [1.165, 1.54) is 17.2 Å². The van der Waals surface area contributed by atoms with Crippen molar-refractivity contribution in [3.63, 3.8) is 0 Å². The highest BCUT2D eigenvalue weighted by atomic mass is 16.5. The average Bonchev–Trinajstić information content (AvgIpc) is 2.87. The van der Waals surface area contributed by atoms with Gasteiger partial charge in [-0.3, -0.25) is 9.59 Å². The Morgan fingerprint density at radius 1 is 1.03 bits per heavy atom. The van der Waals surface area contributed by atoms with Crippen LogP contribution in [0.1, 0.15) is 46.8 Å². The van der Waals surface area contributed by atoms with Gasteiger partial charge in [0, 0.05) is 44.2 Å². The van der Waals surface area contributed by atoms with Gasteiger partial charge in [-0.1, -0.05) is 43.3 Å². The molecule has 1 fully saturated rings. The number of likely N-dealkylation sites (tertiary alicyclic amines) is 1. The molecule has 2 aromatic carbocycles. The third-order valence-electron chi connectivity index (χ3n) is 7.01. The Morgan fingerprint density at radius 2 is 1.71 bits per heavy atom. The van der Waals surface area contributed by atoms with Crippen LogP contribution in [0.15, 0.2) is 53.3 Å². The third kappa shape index (κ3) is 6.17. The van der Waals surface area contributed by atoms with Gasteiger partial charge in [-0.2, -0.15) is 0 Å². The van der Waals surface area contributed by atoms with E-state index in [-0.39, 0.29) is 11.1 Å². The molecule has 0 atom stereocenters. The summed E-state index contributed by atoms with van der Waals surface area (Å²) in [5.74, 6) is -0.588. The summed E-state index contributed by atoms with van der Waals surface area (Å²) in [6, 6.07) is 16.4. The van der Waals surface area contributed by atoms with Crippen LogP contribution in [0.5, 0.6) is 0 Å². The lowest BCUT2D eigenvalue weighted by Crippen LogP contribution is -2.43. The number of nitrogens with two attached hydrogens (primary N) is 1. The van der Waals surface area contributed by atoms with Gasteiger partial charge < -0.3 is 25.3 Å². The van der Waals surface area contributed by atoms with E-state index in [0.29, 0.717) is 24.6 Å². The predicted octanol–water partition coefficient (Wildman–Crippen LogP) is 3.06. The van der Waals surface area contributed by atoms with Crippen LogP contribution in [0.25, 0.3) is 10.9 Å². The van der Waals surface area contributed by atoms with Crippen LogP contribution in [0.3, 0.4) is 0 Å². The number of pyridine rings is 1. The Bertz CT molecular complexity index is 1210. The number of benzene rings is 2. The van der Waals surface area contributed by atoms with Gasteiger partial charge in [0.2, 0.25) is 5.91 Å². The third-order valence-corrected chi connectivity index (χ3v) is 7.01. The zero-order chi connectivity index (χ0) is 24.8. The fourth-order valence-electron chi connectivity index (χ4n) is 4.87. The monoisotopic (exact) mass is 476 g/mol. The Labute approximate surface area is 206 Å². The molecule has 0 aliphatic carbocycles. The smallest absolute Gasteiger partial charge is 0.251 e. The zero-order valence-corrected chi connectivity index (χ0v) is 20.8. The lowest BCUT2D eigenvalue weighted by molar-refractivity contribution is 0.100. The van der Waals surface area contributed by atoms with Crippen molar-refractivity contribution in [1.29, 1.82) is 0 Å². The zero-order valence-electron chi connectivity index (χ0n) is 20.8. The van der Waals surface area contributed by atoms with Gasteiger partial charge in [-0.05, 0) is 55.1 Å². The van der Waals surface area contributed by atoms with Crippen molar-refractivity contribution in [1.82, 2.24) is 14.8 Å². The topological polar surface area (TPSA) is 89.6 Å². The molecule has 1 aliphatic rings. The van der Waals surface area contributed by atoms with Gasteiger partial charge in [-0.25, -0.2) is 0 Å². The number of ether oxygens (including phenoxy) is 1. The molecule has 2 heterocycles. The summed E-state index contributed by atoms with van der Waals surface area (Å²) in [6.45, 7) is 6.84. The molecule has 3 aromatic rings. The van der Waals surface area contributed by atoms with E-state index in [2.05, 4.69) is 41.4 Å². The van der Waals surface area contributed by atoms with Gasteiger partial charge in [0.05, 0.1) is 17.7 Å². The number of amides is 1. The Kier molecular flexibility index (Phi) is 8.33. The molecule has 0 spiro atoms. The number of methoxy groups -OCH3 is 1. The van der Waals surface area contributed by atoms with Crippen molar-refractivity contribution in [2.24, 2.45) is 5.73 Å². The molecular weight excluding hydrogens is 440 g/mol. The standard InChI is InChI=1S/C28H36N4O3/c1-3-20-4-6-21(7-5-20)18-30-23-10-12-31(13-11-23)14-15-32-26-16-22(19-35-2)8-9-24(26)25(28(29)34)17-27(32)33/h4-9,16-17,23,30H,3,10-15,18-19H2,1-2H3,(H2,29,34). The maximum Gasteiger partial charge on any atom is 0.251 e. The molecule has 1 amide bonds. The lowest BCUT2D eigenvalue weighted by Gasteiger charge is -2.32. The fourth-order valence-corrected chi connectivity index (χ4v) is 4.87. The van der Waals surface area contributed by atoms with Crippen LogP contribution < -0.4 is 16.6 Å². The quantitative estimate of drug-likeness (QED) is 0.469. The van der Waals surface area contributed by atoms with E-state index < -0.39 is 5.91 Å². The summed E-state index contributed by atoms with van der Waals surface area (Å²) in [5.41, 5.74) is 9.98. The number of carbonyl (C=O) groups is 1. The van der Waals surface area contributed by atoms with Crippen LogP contribution in [0.4, 0.5) is 0 Å². The maximum atomic E-state index is 12.9. The average molecular weight is 477 g/mol. The number of aryl methyl sites for hydroxylation is 1. The molecule has 35 heavy (non-hydrogen) atoms. The van der Waals surface area contributed by atoms with E-state index in [9.17, 15) is 9.59 Å². The number of nitrogens with one attached hydrogen (secondary N) is 1. The molecule has 0 saturated carbocycles. The van der Waals surface area contributed by atoms with Crippen LogP contribution in [0, 0.1) is 0 Å². The first-order valence-corrected chi connectivity index (χ1v) is 12.5. The van der Waals surface area contributed by atoms with Gasteiger partial charge in [0.25, 0.3) is 5.56 Å². The molecule has 4 rings (SSSR count). The summed E-state index contributed by atoms with van der Waals surface area (Å²) in [7, 11) is 1.64. The minimum absolute atomic E-state index is 0.202. The van der Waals surface area contributed by atoms with E-state index in [1.54, 1.807) is 11.7 Å². The largest absolute Gasteiger partial charge is 0.380 e.